The summed E-state index contributed by atoms with van der Waals surface area (Å²) in [5, 5.41) is 8.58. The molecule has 3 aromatic carbocycles. The van der Waals surface area contributed by atoms with E-state index in [9.17, 15) is 9.59 Å². The summed E-state index contributed by atoms with van der Waals surface area (Å²) in [6, 6.07) is 18.3. The number of rotatable bonds is 6. The lowest BCUT2D eigenvalue weighted by Gasteiger charge is -2.13. The highest BCUT2D eigenvalue weighted by molar-refractivity contribution is 6.32. The van der Waals surface area contributed by atoms with Gasteiger partial charge in [0.15, 0.2) is 0 Å². The number of hydrogen-bond donors (Lipinski definition) is 3. The SMILES string of the molecule is COc1cc(NC(=O)c2ccc(NC(=O)Nc3ccccc3)cc2)c(OC)cc1Cl. The molecule has 3 N–H and O–H groups in total. The number of methoxy groups -OCH3 is 2. The van der Waals surface area contributed by atoms with E-state index in [2.05, 4.69) is 16.0 Å². The van der Waals surface area contributed by atoms with Crippen molar-refractivity contribution in [2.45, 2.75) is 0 Å². The summed E-state index contributed by atoms with van der Waals surface area (Å²) in [4.78, 5) is 24.7. The summed E-state index contributed by atoms with van der Waals surface area (Å²) in [5.41, 5.74) is 2.05. The van der Waals surface area contributed by atoms with Crippen molar-refractivity contribution in [3.8, 4) is 11.5 Å². The molecular weight excluding hydrogens is 406 g/mol. The van der Waals surface area contributed by atoms with E-state index in [0.29, 0.717) is 39.1 Å². The van der Waals surface area contributed by atoms with Gasteiger partial charge in [0.05, 0.1) is 24.9 Å². The van der Waals surface area contributed by atoms with Crippen LogP contribution >= 0.6 is 11.6 Å². The Balaban J connectivity index is 1.66. The van der Waals surface area contributed by atoms with E-state index in [0.717, 1.165) is 0 Å². The maximum absolute atomic E-state index is 12.6. The van der Waals surface area contributed by atoms with Gasteiger partial charge in [0, 0.05) is 29.1 Å². The highest BCUT2D eigenvalue weighted by atomic mass is 35.5. The highest BCUT2D eigenvalue weighted by Gasteiger charge is 2.14. The molecule has 0 bridgehead atoms. The standard InChI is InChI=1S/C22H20ClN3O4/c1-29-19-13-18(20(30-2)12-17(19)23)26-21(27)14-8-10-16(11-9-14)25-22(28)24-15-6-4-3-5-7-15/h3-13H,1-2H3,(H,26,27)(H2,24,25,28). The fraction of sp³-hybridized carbons (Fsp3) is 0.0909. The van der Waals surface area contributed by atoms with Gasteiger partial charge in [-0.05, 0) is 36.4 Å². The van der Waals surface area contributed by atoms with Gasteiger partial charge in [0.1, 0.15) is 11.5 Å². The molecule has 3 amide bonds. The van der Waals surface area contributed by atoms with Crippen LogP contribution in [0.15, 0.2) is 66.7 Å². The summed E-state index contributed by atoms with van der Waals surface area (Å²) >= 11 is 6.09. The molecule has 8 heteroatoms. The molecule has 0 atom stereocenters. The van der Waals surface area contributed by atoms with Crippen molar-refractivity contribution in [2.24, 2.45) is 0 Å². The van der Waals surface area contributed by atoms with E-state index in [1.54, 1.807) is 48.5 Å². The van der Waals surface area contributed by atoms with E-state index < -0.39 is 0 Å². The maximum atomic E-state index is 12.6. The quantitative estimate of drug-likeness (QED) is 0.503. The van der Waals surface area contributed by atoms with Crippen molar-refractivity contribution in [3.63, 3.8) is 0 Å². The molecule has 0 spiro atoms. The van der Waals surface area contributed by atoms with Gasteiger partial charge >= 0.3 is 6.03 Å². The van der Waals surface area contributed by atoms with Crippen LogP contribution in [0.25, 0.3) is 0 Å². The lowest BCUT2D eigenvalue weighted by molar-refractivity contribution is 0.102. The van der Waals surface area contributed by atoms with Crippen molar-refractivity contribution in [2.75, 3.05) is 30.2 Å². The molecule has 7 nitrogen and oxygen atoms in total. The maximum Gasteiger partial charge on any atom is 0.323 e. The van der Waals surface area contributed by atoms with Crippen LogP contribution in [-0.2, 0) is 0 Å². The molecule has 154 valence electrons. The highest BCUT2D eigenvalue weighted by Crippen LogP contribution is 2.36. The van der Waals surface area contributed by atoms with Crippen molar-refractivity contribution < 1.29 is 19.1 Å². The summed E-state index contributed by atoms with van der Waals surface area (Å²) in [6.07, 6.45) is 0. The zero-order valence-corrected chi connectivity index (χ0v) is 17.1. The minimum atomic E-state index is -0.378. The fourth-order valence-electron chi connectivity index (χ4n) is 2.67. The largest absolute Gasteiger partial charge is 0.495 e. The van der Waals surface area contributed by atoms with E-state index in [-0.39, 0.29) is 11.9 Å². The first-order valence-electron chi connectivity index (χ1n) is 8.96. The fourth-order valence-corrected chi connectivity index (χ4v) is 2.90. The number of carbonyl (C=O) groups excluding carboxylic acids is 2. The van der Waals surface area contributed by atoms with Crippen LogP contribution in [0.3, 0.4) is 0 Å². The predicted octanol–water partition coefficient (Wildman–Crippen LogP) is 5.25. The number of nitrogens with one attached hydrogen (secondary N) is 3. The molecular formula is C22H20ClN3O4. The average molecular weight is 426 g/mol. The molecule has 0 saturated carbocycles. The van der Waals surface area contributed by atoms with E-state index in [1.165, 1.54) is 14.2 Å². The number of halogens is 1. The van der Waals surface area contributed by atoms with Crippen molar-refractivity contribution in [3.05, 3.63) is 77.3 Å². The third kappa shape index (κ3) is 5.21. The summed E-state index contributed by atoms with van der Waals surface area (Å²) in [7, 11) is 2.97. The molecule has 0 saturated heterocycles. The van der Waals surface area contributed by atoms with Gasteiger partial charge in [-0.25, -0.2) is 4.79 Å². The monoisotopic (exact) mass is 425 g/mol. The predicted molar refractivity (Wildman–Crippen MR) is 118 cm³/mol. The zero-order valence-electron chi connectivity index (χ0n) is 16.4. The van der Waals surface area contributed by atoms with Gasteiger partial charge < -0.3 is 25.4 Å². The molecule has 0 fully saturated rings. The number of benzene rings is 3. The van der Waals surface area contributed by atoms with Crippen molar-refractivity contribution in [1.82, 2.24) is 0 Å². The molecule has 0 aliphatic rings. The number of hydrogen-bond acceptors (Lipinski definition) is 4. The van der Waals surface area contributed by atoms with Crippen LogP contribution in [0.5, 0.6) is 11.5 Å². The first kappa shape index (κ1) is 21.0. The minimum absolute atomic E-state index is 0.349. The molecule has 0 radical (unpaired) electrons. The van der Waals surface area contributed by atoms with Gasteiger partial charge in [-0.1, -0.05) is 29.8 Å². The van der Waals surface area contributed by atoms with Crippen LogP contribution in [0, 0.1) is 0 Å². The van der Waals surface area contributed by atoms with E-state index in [4.69, 9.17) is 21.1 Å². The van der Waals surface area contributed by atoms with Crippen molar-refractivity contribution in [1.29, 1.82) is 0 Å². The van der Waals surface area contributed by atoms with Gasteiger partial charge in [-0.2, -0.15) is 0 Å². The number of urea groups is 1. The Morgan fingerprint density at radius 1 is 0.767 bits per heavy atom. The van der Waals surface area contributed by atoms with Gasteiger partial charge in [-0.15, -0.1) is 0 Å². The first-order chi connectivity index (χ1) is 14.5. The number of para-hydroxylation sites is 1. The summed E-state index contributed by atoms with van der Waals surface area (Å²) in [5.74, 6) is 0.472. The zero-order chi connectivity index (χ0) is 21.5. The van der Waals surface area contributed by atoms with Crippen LogP contribution in [0.1, 0.15) is 10.4 Å². The molecule has 0 heterocycles. The molecule has 3 rings (SSSR count). The summed E-state index contributed by atoms with van der Waals surface area (Å²) in [6.45, 7) is 0. The Morgan fingerprint density at radius 3 is 1.97 bits per heavy atom. The Labute approximate surface area is 179 Å². The molecule has 0 aliphatic carbocycles. The second-order valence-corrected chi connectivity index (χ2v) is 6.57. The Morgan fingerprint density at radius 2 is 1.37 bits per heavy atom. The smallest absolute Gasteiger partial charge is 0.323 e. The second-order valence-electron chi connectivity index (χ2n) is 6.16. The van der Waals surface area contributed by atoms with Gasteiger partial charge in [0.25, 0.3) is 5.91 Å². The Hall–Kier alpha value is -3.71. The van der Waals surface area contributed by atoms with E-state index >= 15 is 0 Å². The number of ether oxygens (including phenoxy) is 2. The van der Waals surface area contributed by atoms with E-state index in [1.807, 2.05) is 18.2 Å². The topological polar surface area (TPSA) is 88.7 Å². The van der Waals surface area contributed by atoms with Gasteiger partial charge in [0.2, 0.25) is 0 Å². The molecule has 0 aliphatic heterocycles. The average Bonchev–Trinajstić information content (AvgIpc) is 2.75. The number of amides is 3. The first-order valence-corrected chi connectivity index (χ1v) is 9.34. The second kappa shape index (κ2) is 9.67. The van der Waals surface area contributed by atoms with Crippen LogP contribution in [0.2, 0.25) is 5.02 Å². The minimum Gasteiger partial charge on any atom is -0.495 e. The third-order valence-corrected chi connectivity index (χ3v) is 4.45. The molecule has 3 aromatic rings. The lowest BCUT2D eigenvalue weighted by atomic mass is 10.2. The third-order valence-electron chi connectivity index (χ3n) is 4.16. The lowest BCUT2D eigenvalue weighted by Crippen LogP contribution is -2.19. The van der Waals surface area contributed by atoms with Crippen molar-refractivity contribution >= 4 is 40.6 Å². The van der Waals surface area contributed by atoms with Gasteiger partial charge in [-0.3, -0.25) is 4.79 Å². The molecule has 30 heavy (non-hydrogen) atoms. The molecule has 0 aromatic heterocycles. The number of carbonyl (C=O) groups is 2. The Bertz CT molecular complexity index is 1040. The van der Waals surface area contributed by atoms with Crippen LogP contribution in [0.4, 0.5) is 21.9 Å². The molecule has 0 unspecified atom stereocenters. The van der Waals surface area contributed by atoms with Crippen LogP contribution in [-0.4, -0.2) is 26.2 Å². The summed E-state index contributed by atoms with van der Waals surface area (Å²) < 4.78 is 10.4. The van der Waals surface area contributed by atoms with Crippen LogP contribution < -0.4 is 25.4 Å². The normalized spacial score (nSPS) is 10.1. The Kier molecular flexibility index (Phi) is 6.77. The number of anilines is 3.